The Kier molecular flexibility index (Phi) is 4.47. The number of hydrogen-bond acceptors (Lipinski definition) is 5. The van der Waals surface area contributed by atoms with Crippen LogP contribution in [0, 0.1) is 6.92 Å². The summed E-state index contributed by atoms with van der Waals surface area (Å²) in [6.45, 7) is 2.66. The third kappa shape index (κ3) is 3.18. The molecule has 3 aromatic rings. The van der Waals surface area contributed by atoms with Crippen molar-refractivity contribution in [2.75, 3.05) is 13.1 Å². The molecule has 0 atom stereocenters. The van der Waals surface area contributed by atoms with Crippen LogP contribution in [-0.4, -0.2) is 42.7 Å². The van der Waals surface area contributed by atoms with Gasteiger partial charge in [-0.3, -0.25) is 9.36 Å². The number of aryl methyl sites for hydroxylation is 1. The molecule has 28 heavy (non-hydrogen) atoms. The number of hydroxylamine groups is 2. The van der Waals surface area contributed by atoms with Gasteiger partial charge in [-0.05, 0) is 44.0 Å². The normalized spacial score (nSPS) is 16.8. The Morgan fingerprint density at radius 2 is 1.79 bits per heavy atom. The second-order valence-electron chi connectivity index (χ2n) is 6.86. The van der Waals surface area contributed by atoms with Crippen LogP contribution in [0.3, 0.4) is 0 Å². The lowest BCUT2D eigenvalue weighted by molar-refractivity contribution is -0.137. The number of halogens is 3. The lowest BCUT2D eigenvalue weighted by Gasteiger charge is -2.29. The van der Waals surface area contributed by atoms with Crippen LogP contribution in [0.25, 0.3) is 16.7 Å². The summed E-state index contributed by atoms with van der Waals surface area (Å²) >= 11 is 0. The Labute approximate surface area is 157 Å². The molecule has 0 saturated carbocycles. The first-order chi connectivity index (χ1) is 13.3. The van der Waals surface area contributed by atoms with Crippen molar-refractivity contribution in [1.29, 1.82) is 0 Å². The molecular formula is C18H18F3N5O2. The van der Waals surface area contributed by atoms with Gasteiger partial charge in [-0.2, -0.15) is 23.3 Å². The van der Waals surface area contributed by atoms with Crippen molar-refractivity contribution >= 4 is 11.0 Å². The van der Waals surface area contributed by atoms with Crippen molar-refractivity contribution in [3.63, 3.8) is 0 Å². The number of aromatic nitrogens is 4. The molecule has 4 rings (SSSR count). The van der Waals surface area contributed by atoms with Crippen LogP contribution in [0.2, 0.25) is 0 Å². The molecule has 7 nitrogen and oxygen atoms in total. The lowest BCUT2D eigenvalue weighted by Crippen LogP contribution is -2.37. The average Bonchev–Trinajstić information content (AvgIpc) is 3.06. The highest BCUT2D eigenvalue weighted by atomic mass is 19.4. The second kappa shape index (κ2) is 6.71. The summed E-state index contributed by atoms with van der Waals surface area (Å²) in [6.07, 6.45) is -1.79. The summed E-state index contributed by atoms with van der Waals surface area (Å²) < 4.78 is 41.3. The number of alkyl halides is 3. The first kappa shape index (κ1) is 18.6. The van der Waals surface area contributed by atoms with E-state index < -0.39 is 11.7 Å². The molecule has 0 spiro atoms. The Morgan fingerprint density at radius 1 is 1.14 bits per heavy atom. The van der Waals surface area contributed by atoms with Gasteiger partial charge >= 0.3 is 6.18 Å². The number of fused-ring (bicyclic) bond motifs is 1. The predicted octanol–water partition coefficient (Wildman–Crippen LogP) is 2.94. The molecule has 0 radical (unpaired) electrons. The lowest BCUT2D eigenvalue weighted by atomic mass is 10.1. The van der Waals surface area contributed by atoms with Gasteiger partial charge in [0.2, 0.25) is 0 Å². The molecule has 148 valence electrons. The summed E-state index contributed by atoms with van der Waals surface area (Å²) in [4.78, 5) is 17.5. The SMILES string of the molecule is Cc1nc2c(cnn2-c2ccc(C(F)(F)F)cc2)c(=O)n1C1CCN(O)CC1. The fraction of sp³-hybridized carbons (Fsp3) is 0.389. The van der Waals surface area contributed by atoms with Crippen LogP contribution in [-0.2, 0) is 6.18 Å². The number of hydrogen-bond donors (Lipinski definition) is 1. The van der Waals surface area contributed by atoms with Crippen LogP contribution >= 0.6 is 0 Å². The van der Waals surface area contributed by atoms with Gasteiger partial charge in [0, 0.05) is 19.1 Å². The molecule has 1 aromatic carbocycles. The van der Waals surface area contributed by atoms with Crippen LogP contribution in [0.1, 0.15) is 30.3 Å². The minimum atomic E-state index is -4.42. The minimum Gasteiger partial charge on any atom is -0.314 e. The smallest absolute Gasteiger partial charge is 0.314 e. The number of nitrogens with zero attached hydrogens (tertiary/aromatic N) is 5. The molecule has 1 aliphatic rings. The van der Waals surface area contributed by atoms with E-state index in [0.717, 1.165) is 12.1 Å². The first-order valence-electron chi connectivity index (χ1n) is 8.84. The van der Waals surface area contributed by atoms with Gasteiger partial charge in [0.05, 0.1) is 17.4 Å². The number of piperidine rings is 1. The summed E-state index contributed by atoms with van der Waals surface area (Å²) in [5.74, 6) is 0.502. The number of rotatable bonds is 2. The maximum Gasteiger partial charge on any atom is 0.416 e. The summed E-state index contributed by atoms with van der Waals surface area (Å²) in [5.41, 5.74) is -0.301. The maximum absolute atomic E-state index is 13.0. The Morgan fingerprint density at radius 3 is 2.39 bits per heavy atom. The van der Waals surface area contributed by atoms with E-state index in [2.05, 4.69) is 10.1 Å². The van der Waals surface area contributed by atoms with Crippen LogP contribution in [0.5, 0.6) is 0 Å². The third-order valence-electron chi connectivity index (χ3n) is 5.05. The van der Waals surface area contributed by atoms with E-state index in [1.54, 1.807) is 11.5 Å². The van der Waals surface area contributed by atoms with Crippen LogP contribution < -0.4 is 5.56 Å². The molecular weight excluding hydrogens is 375 g/mol. The van der Waals surface area contributed by atoms with Crippen molar-refractivity contribution in [3.8, 4) is 5.69 Å². The zero-order valence-electron chi connectivity index (χ0n) is 15.0. The Bertz CT molecular complexity index is 1060. The first-order valence-corrected chi connectivity index (χ1v) is 8.84. The van der Waals surface area contributed by atoms with E-state index in [1.807, 2.05) is 0 Å². The molecule has 1 aliphatic heterocycles. The molecule has 0 aliphatic carbocycles. The van der Waals surface area contributed by atoms with E-state index in [1.165, 1.54) is 28.1 Å². The fourth-order valence-electron chi connectivity index (χ4n) is 3.61. The monoisotopic (exact) mass is 393 g/mol. The largest absolute Gasteiger partial charge is 0.416 e. The highest BCUT2D eigenvalue weighted by Crippen LogP contribution is 2.30. The van der Waals surface area contributed by atoms with Gasteiger partial charge < -0.3 is 5.21 Å². The second-order valence-corrected chi connectivity index (χ2v) is 6.86. The van der Waals surface area contributed by atoms with Crippen molar-refractivity contribution in [2.45, 2.75) is 32.0 Å². The highest BCUT2D eigenvalue weighted by Gasteiger charge is 2.30. The summed E-state index contributed by atoms with van der Waals surface area (Å²) in [6, 6.07) is 4.48. The van der Waals surface area contributed by atoms with Crippen molar-refractivity contribution in [1.82, 2.24) is 24.4 Å². The molecule has 1 saturated heterocycles. The molecule has 1 N–H and O–H groups in total. The Balaban J connectivity index is 1.76. The fourth-order valence-corrected chi connectivity index (χ4v) is 3.61. The van der Waals surface area contributed by atoms with Crippen LogP contribution in [0.15, 0.2) is 35.3 Å². The Hall–Kier alpha value is -2.72. The van der Waals surface area contributed by atoms with Gasteiger partial charge in [-0.25, -0.2) is 9.67 Å². The van der Waals surface area contributed by atoms with E-state index in [4.69, 9.17) is 0 Å². The van der Waals surface area contributed by atoms with Gasteiger partial charge in [0.25, 0.3) is 5.56 Å². The molecule has 2 aromatic heterocycles. The highest BCUT2D eigenvalue weighted by molar-refractivity contribution is 5.75. The topological polar surface area (TPSA) is 76.2 Å². The van der Waals surface area contributed by atoms with Gasteiger partial charge in [-0.15, -0.1) is 0 Å². The molecule has 3 heterocycles. The standard InChI is InChI=1S/C18H18F3N5O2/c1-11-23-16-15(17(27)25(11)13-6-8-24(28)9-7-13)10-22-26(16)14-4-2-12(3-5-14)18(19,20)21/h2-5,10,13,28H,6-9H2,1H3. The molecule has 10 heteroatoms. The van der Waals surface area contributed by atoms with E-state index in [0.29, 0.717) is 48.5 Å². The van der Waals surface area contributed by atoms with E-state index in [-0.39, 0.29) is 11.6 Å². The zero-order valence-corrected chi connectivity index (χ0v) is 15.0. The van der Waals surface area contributed by atoms with Gasteiger partial charge in [0.1, 0.15) is 11.2 Å². The summed E-state index contributed by atoms with van der Waals surface area (Å²) in [5, 5.41) is 15.2. The molecule has 1 fully saturated rings. The van der Waals surface area contributed by atoms with Crippen LogP contribution in [0.4, 0.5) is 13.2 Å². The molecule has 0 unspecified atom stereocenters. The van der Waals surface area contributed by atoms with Crippen molar-refractivity contribution in [3.05, 3.63) is 52.2 Å². The zero-order chi connectivity index (χ0) is 20.1. The number of benzene rings is 1. The van der Waals surface area contributed by atoms with Gasteiger partial charge in [0.15, 0.2) is 5.65 Å². The van der Waals surface area contributed by atoms with E-state index in [9.17, 15) is 23.2 Å². The molecule has 0 bridgehead atoms. The maximum atomic E-state index is 13.0. The third-order valence-corrected chi connectivity index (χ3v) is 5.05. The average molecular weight is 393 g/mol. The minimum absolute atomic E-state index is 0.0674. The quantitative estimate of drug-likeness (QED) is 0.725. The van der Waals surface area contributed by atoms with E-state index >= 15 is 0 Å². The van der Waals surface area contributed by atoms with Gasteiger partial charge in [-0.1, -0.05) is 0 Å². The van der Waals surface area contributed by atoms with Crippen molar-refractivity contribution in [2.24, 2.45) is 0 Å². The summed E-state index contributed by atoms with van der Waals surface area (Å²) in [7, 11) is 0. The van der Waals surface area contributed by atoms with Crippen molar-refractivity contribution < 1.29 is 18.4 Å². The molecule has 0 amide bonds. The predicted molar refractivity (Wildman–Crippen MR) is 94.5 cm³/mol.